The van der Waals surface area contributed by atoms with Gasteiger partial charge in [-0.15, -0.1) is 0 Å². The van der Waals surface area contributed by atoms with E-state index in [0.717, 1.165) is 38.5 Å². The van der Waals surface area contributed by atoms with Crippen molar-refractivity contribution >= 4 is 12.0 Å². The van der Waals surface area contributed by atoms with E-state index in [9.17, 15) is 20.1 Å². The summed E-state index contributed by atoms with van der Waals surface area (Å²) in [6.45, 7) is 19.3. The summed E-state index contributed by atoms with van der Waals surface area (Å²) in [5.41, 5.74) is 2.31. The van der Waals surface area contributed by atoms with Crippen molar-refractivity contribution in [3.05, 3.63) is 41.5 Å². The Balaban J connectivity index is 1.25. The summed E-state index contributed by atoms with van der Waals surface area (Å²) in [5, 5.41) is 30.8. The molecule has 0 heterocycles. The fourth-order valence-electron chi connectivity index (χ4n) is 12.0. The largest absolute Gasteiger partial charge is 0.504 e. The monoisotopic (exact) mass is 604 g/mol. The van der Waals surface area contributed by atoms with Gasteiger partial charge in [0.2, 0.25) is 0 Å². The molecule has 242 valence electrons. The second-order valence-electron chi connectivity index (χ2n) is 17.4. The molecule has 0 spiro atoms. The van der Waals surface area contributed by atoms with Crippen molar-refractivity contribution in [2.24, 2.45) is 50.7 Å². The number of benzene rings is 1. The van der Waals surface area contributed by atoms with Gasteiger partial charge in [-0.25, -0.2) is 4.79 Å². The first kappa shape index (κ1) is 31.7. The lowest BCUT2D eigenvalue weighted by Crippen LogP contribution is -2.65. The molecule has 44 heavy (non-hydrogen) atoms. The molecule has 1 aromatic carbocycles. The predicted molar refractivity (Wildman–Crippen MR) is 175 cm³/mol. The minimum absolute atomic E-state index is 0.136. The van der Waals surface area contributed by atoms with Gasteiger partial charge in [-0.1, -0.05) is 66.2 Å². The Kier molecular flexibility index (Phi) is 7.29. The van der Waals surface area contributed by atoms with E-state index in [1.54, 1.807) is 17.7 Å². The first-order valence-electron chi connectivity index (χ1n) is 17.2. The van der Waals surface area contributed by atoms with Gasteiger partial charge >= 0.3 is 5.97 Å². The number of rotatable bonds is 3. The summed E-state index contributed by atoms with van der Waals surface area (Å²) in [6.07, 6.45) is 15.4. The molecule has 5 heteroatoms. The number of hydrogen-bond donors (Lipinski definition) is 3. The zero-order chi connectivity index (χ0) is 32.1. The van der Waals surface area contributed by atoms with Crippen LogP contribution in [0.3, 0.4) is 0 Å². The molecule has 0 radical (unpaired) electrons. The van der Waals surface area contributed by atoms with E-state index in [1.807, 2.05) is 0 Å². The average molecular weight is 605 g/mol. The van der Waals surface area contributed by atoms with Gasteiger partial charge < -0.3 is 20.1 Å². The molecule has 0 saturated heterocycles. The number of fused-ring (bicyclic) bond motifs is 7. The highest BCUT2D eigenvalue weighted by Gasteiger charge is 2.69. The third-order valence-corrected chi connectivity index (χ3v) is 15.1. The summed E-state index contributed by atoms with van der Waals surface area (Å²) in [4.78, 5) is 13.0. The van der Waals surface area contributed by atoms with Crippen LogP contribution < -0.4 is 0 Å². The van der Waals surface area contributed by atoms with Gasteiger partial charge in [0.15, 0.2) is 11.5 Å². The number of carbonyl (C=O) groups is 1. The van der Waals surface area contributed by atoms with Gasteiger partial charge in [-0.3, -0.25) is 0 Å². The van der Waals surface area contributed by atoms with Crippen molar-refractivity contribution in [1.29, 1.82) is 0 Å². The number of aliphatic hydroxyl groups is 1. The lowest BCUT2D eigenvalue weighted by atomic mass is 9.33. The number of phenolic OH excluding ortho intramolecular Hbond substituents is 2. The number of esters is 1. The van der Waals surface area contributed by atoms with E-state index in [-0.39, 0.29) is 56.6 Å². The second kappa shape index (κ2) is 10.1. The highest BCUT2D eigenvalue weighted by Crippen LogP contribution is 2.76. The van der Waals surface area contributed by atoms with Gasteiger partial charge in [0, 0.05) is 11.5 Å². The van der Waals surface area contributed by atoms with Crippen LogP contribution in [-0.4, -0.2) is 33.0 Å². The van der Waals surface area contributed by atoms with Crippen molar-refractivity contribution in [3.63, 3.8) is 0 Å². The van der Waals surface area contributed by atoms with Gasteiger partial charge in [-0.2, -0.15) is 0 Å². The van der Waals surface area contributed by atoms with Crippen LogP contribution in [0.5, 0.6) is 11.5 Å². The van der Waals surface area contributed by atoms with Crippen LogP contribution in [0.2, 0.25) is 0 Å². The third kappa shape index (κ3) is 4.45. The van der Waals surface area contributed by atoms with E-state index in [0.29, 0.717) is 23.3 Å². The number of phenols is 2. The number of hydrogen-bond acceptors (Lipinski definition) is 5. The molecule has 4 saturated carbocycles. The standard InChI is InChI=1S/C39H56O5/c1-24-33-26-11-13-30-36(5)17-16-31(44-32(42)14-10-25-9-12-27(40)28(41)23-25)34(2,3)29(36)15-18-38(30,7)37(26,6)21-19-35(33,4)20-22-39(24,8)43/h9-12,14,23-24,29-31,33,40-41,43H,13,15-22H2,1-8H3. The zero-order valence-electron chi connectivity index (χ0n) is 28.4. The number of aromatic hydroxyl groups is 2. The van der Waals surface area contributed by atoms with Gasteiger partial charge in [0.1, 0.15) is 6.10 Å². The molecule has 3 N–H and O–H groups in total. The number of ether oxygens (including phenoxy) is 1. The van der Waals surface area contributed by atoms with Crippen LogP contribution in [-0.2, 0) is 9.53 Å². The maximum Gasteiger partial charge on any atom is 0.331 e. The van der Waals surface area contributed by atoms with Crippen LogP contribution in [0.4, 0.5) is 0 Å². The molecule has 10 unspecified atom stereocenters. The molecule has 0 aromatic heterocycles. The van der Waals surface area contributed by atoms with Crippen molar-refractivity contribution in [2.75, 3.05) is 0 Å². The highest BCUT2D eigenvalue weighted by molar-refractivity contribution is 5.87. The van der Waals surface area contributed by atoms with Crippen LogP contribution in [0, 0.1) is 50.7 Å². The van der Waals surface area contributed by atoms with Crippen LogP contribution in [0.1, 0.15) is 119 Å². The second-order valence-corrected chi connectivity index (χ2v) is 17.4. The smallest absolute Gasteiger partial charge is 0.331 e. The van der Waals surface area contributed by atoms with Crippen molar-refractivity contribution in [1.82, 2.24) is 0 Å². The Morgan fingerprint density at radius 3 is 2.30 bits per heavy atom. The molecule has 10 atom stereocenters. The van der Waals surface area contributed by atoms with E-state index in [4.69, 9.17) is 4.74 Å². The zero-order valence-corrected chi connectivity index (χ0v) is 28.4. The van der Waals surface area contributed by atoms with E-state index in [2.05, 4.69) is 61.5 Å². The average Bonchev–Trinajstić information content (AvgIpc) is 2.94. The van der Waals surface area contributed by atoms with E-state index < -0.39 is 5.60 Å². The van der Waals surface area contributed by atoms with Gasteiger partial charge in [0.05, 0.1) is 5.60 Å². The molecule has 4 fully saturated rings. The summed E-state index contributed by atoms with van der Waals surface area (Å²) in [7, 11) is 0. The third-order valence-electron chi connectivity index (χ3n) is 15.1. The lowest BCUT2D eigenvalue weighted by Gasteiger charge is -2.71. The highest BCUT2D eigenvalue weighted by atomic mass is 16.5. The first-order chi connectivity index (χ1) is 20.4. The fraction of sp³-hybridized carbons (Fsp3) is 0.718. The molecular formula is C39H56O5. The Labute approximate surface area is 265 Å². The molecule has 6 rings (SSSR count). The molecule has 5 aliphatic rings. The minimum Gasteiger partial charge on any atom is -0.504 e. The van der Waals surface area contributed by atoms with Crippen molar-refractivity contribution in [3.8, 4) is 11.5 Å². The molecule has 0 bridgehead atoms. The Morgan fingerprint density at radius 1 is 0.886 bits per heavy atom. The van der Waals surface area contributed by atoms with Crippen molar-refractivity contribution < 1.29 is 24.9 Å². The Bertz CT molecular complexity index is 1390. The quantitative estimate of drug-likeness (QED) is 0.139. The van der Waals surface area contributed by atoms with E-state index >= 15 is 0 Å². The molecule has 0 amide bonds. The molecular weight excluding hydrogens is 548 g/mol. The minimum atomic E-state index is -0.606. The number of carbonyl (C=O) groups excluding carboxylic acids is 1. The normalized spacial score (nSPS) is 46.2. The summed E-state index contributed by atoms with van der Waals surface area (Å²) in [5.74, 6) is 0.982. The van der Waals surface area contributed by atoms with Gasteiger partial charge in [0.25, 0.3) is 0 Å². The summed E-state index contributed by atoms with van der Waals surface area (Å²) in [6, 6.07) is 4.50. The van der Waals surface area contributed by atoms with E-state index in [1.165, 1.54) is 37.5 Å². The van der Waals surface area contributed by atoms with Crippen LogP contribution >= 0.6 is 0 Å². The lowest BCUT2D eigenvalue weighted by molar-refractivity contribution is -0.213. The molecule has 5 aliphatic carbocycles. The van der Waals surface area contributed by atoms with Gasteiger partial charge in [-0.05, 0) is 134 Å². The predicted octanol–water partition coefficient (Wildman–Crippen LogP) is 8.82. The Morgan fingerprint density at radius 2 is 1.59 bits per heavy atom. The molecule has 1 aromatic rings. The number of allylic oxidation sites excluding steroid dienone is 2. The fourth-order valence-corrected chi connectivity index (χ4v) is 12.0. The molecule has 5 nitrogen and oxygen atoms in total. The summed E-state index contributed by atoms with van der Waals surface area (Å²) >= 11 is 0. The summed E-state index contributed by atoms with van der Waals surface area (Å²) < 4.78 is 6.17. The SMILES string of the molecule is CC1C2C3=CCC4C5(C)CCC(OC(=O)C=Cc6ccc(O)c(O)c6)C(C)(C)C5CCC4(C)C3(C)CCC2(C)CCC1(C)O. The van der Waals surface area contributed by atoms with Crippen LogP contribution in [0.25, 0.3) is 6.08 Å². The maximum absolute atomic E-state index is 13.0. The topological polar surface area (TPSA) is 87.0 Å². The molecule has 0 aliphatic heterocycles. The first-order valence-corrected chi connectivity index (χ1v) is 17.2. The van der Waals surface area contributed by atoms with Crippen molar-refractivity contribution in [2.45, 2.75) is 125 Å². The Hall–Kier alpha value is -2.27. The maximum atomic E-state index is 13.0. The van der Waals surface area contributed by atoms with Crippen LogP contribution in [0.15, 0.2) is 35.9 Å².